The zero-order chi connectivity index (χ0) is 34.0. The summed E-state index contributed by atoms with van der Waals surface area (Å²) in [6.07, 6.45) is 0.566. The second-order valence-electron chi connectivity index (χ2n) is 11.7. The Bertz CT molecular complexity index is 1750. The highest BCUT2D eigenvalue weighted by atomic mass is 32.2. The lowest BCUT2D eigenvalue weighted by Gasteiger charge is -2.40. The average Bonchev–Trinajstić information content (AvgIpc) is 3.02. The molecular weight excluding hydrogens is 614 g/mol. The van der Waals surface area contributed by atoms with Gasteiger partial charge in [-0.25, -0.2) is 22.8 Å². The summed E-state index contributed by atoms with van der Waals surface area (Å²) in [6, 6.07) is 14.9. The number of esters is 2. The quantitative estimate of drug-likeness (QED) is 0.358. The summed E-state index contributed by atoms with van der Waals surface area (Å²) in [5.41, 5.74) is 6.45. The van der Waals surface area contributed by atoms with E-state index < -0.39 is 39.4 Å². The van der Waals surface area contributed by atoms with Crippen molar-refractivity contribution in [3.05, 3.63) is 76.8 Å². The van der Waals surface area contributed by atoms with Crippen LogP contribution in [-0.4, -0.2) is 83.6 Å². The Labute approximate surface area is 268 Å². The number of methoxy groups -OCH3 is 2. The molecule has 0 aromatic heterocycles. The first kappa shape index (κ1) is 33.9. The first-order valence-corrected chi connectivity index (χ1v) is 16.2. The van der Waals surface area contributed by atoms with Crippen LogP contribution in [0.2, 0.25) is 0 Å². The van der Waals surface area contributed by atoms with Crippen molar-refractivity contribution < 1.29 is 37.0 Å². The van der Waals surface area contributed by atoms with Crippen molar-refractivity contribution in [3.8, 4) is 6.07 Å². The van der Waals surface area contributed by atoms with E-state index in [0.717, 1.165) is 20.5 Å². The molecule has 0 bridgehead atoms. The summed E-state index contributed by atoms with van der Waals surface area (Å²) >= 11 is 0. The van der Waals surface area contributed by atoms with E-state index in [1.165, 1.54) is 17.0 Å². The third-order valence-electron chi connectivity index (χ3n) is 7.50. The minimum Gasteiger partial charge on any atom is -0.466 e. The molecule has 1 amide bonds. The highest BCUT2D eigenvalue weighted by Gasteiger charge is 2.44. The van der Waals surface area contributed by atoms with Crippen LogP contribution in [0.25, 0.3) is 0 Å². The number of nitrogens with zero attached hydrogens (tertiary/aromatic N) is 4. The molecule has 244 valence electrons. The molecule has 0 radical (unpaired) electrons. The van der Waals surface area contributed by atoms with E-state index in [9.17, 15) is 28.1 Å². The lowest BCUT2D eigenvalue weighted by Crippen LogP contribution is -2.50. The van der Waals surface area contributed by atoms with Crippen LogP contribution in [0.15, 0.2) is 76.1 Å². The average molecular weight is 652 g/mol. The number of hydrogen-bond donors (Lipinski definition) is 1. The maximum Gasteiger partial charge on any atom is 0.410 e. The van der Waals surface area contributed by atoms with E-state index in [1.54, 1.807) is 62.1 Å². The van der Waals surface area contributed by atoms with Crippen molar-refractivity contribution in [1.29, 1.82) is 5.26 Å². The van der Waals surface area contributed by atoms with E-state index >= 15 is 0 Å². The monoisotopic (exact) mass is 651 g/mol. The van der Waals surface area contributed by atoms with Gasteiger partial charge in [-0.1, -0.05) is 30.3 Å². The Morgan fingerprint density at radius 2 is 1.54 bits per heavy atom. The third-order valence-corrected chi connectivity index (χ3v) is 8.61. The fourth-order valence-electron chi connectivity index (χ4n) is 5.40. The number of carbonyl (C=O) groups is 3. The molecule has 0 spiro atoms. The fourth-order valence-corrected chi connectivity index (χ4v) is 6.04. The number of carbonyl (C=O) groups excluding carboxylic acids is 3. The van der Waals surface area contributed by atoms with Crippen molar-refractivity contribution in [3.63, 3.8) is 0 Å². The minimum absolute atomic E-state index is 0.0651. The van der Waals surface area contributed by atoms with Gasteiger partial charge in [0.2, 0.25) is 0 Å². The zero-order valence-corrected chi connectivity index (χ0v) is 27.4. The molecular formula is C32H37N5O8S. The van der Waals surface area contributed by atoms with E-state index in [-0.39, 0.29) is 46.3 Å². The highest BCUT2D eigenvalue weighted by Crippen LogP contribution is 2.46. The molecule has 13 nitrogen and oxygen atoms in total. The summed E-state index contributed by atoms with van der Waals surface area (Å²) < 4.78 is 41.3. The molecule has 14 heteroatoms. The van der Waals surface area contributed by atoms with Crippen LogP contribution in [0.1, 0.15) is 32.3 Å². The van der Waals surface area contributed by atoms with Crippen LogP contribution in [0.5, 0.6) is 0 Å². The van der Waals surface area contributed by atoms with Gasteiger partial charge in [0.25, 0.3) is 0 Å². The number of rotatable bonds is 6. The van der Waals surface area contributed by atoms with Crippen LogP contribution in [-0.2, 0) is 33.6 Å². The number of sulfone groups is 1. The number of piperazine rings is 1. The minimum atomic E-state index is -3.78. The van der Waals surface area contributed by atoms with Gasteiger partial charge in [0, 0.05) is 32.4 Å². The second-order valence-corrected chi connectivity index (χ2v) is 13.7. The normalized spacial score (nSPS) is 17.4. The van der Waals surface area contributed by atoms with Crippen LogP contribution in [0, 0.1) is 11.3 Å². The van der Waals surface area contributed by atoms with E-state index in [2.05, 4.69) is 6.07 Å². The Balaban J connectivity index is 1.95. The number of nitrogens with two attached hydrogens (primary N) is 1. The molecule has 4 rings (SSSR count). The largest absolute Gasteiger partial charge is 0.466 e. The third kappa shape index (κ3) is 6.79. The standard InChI is InChI=1S/C32H37N5O8S/c1-32(2,3)45-31(40)36-16-14-35(15-17-36)23-13-12-21(46(6,41)42)18-24(23)37-27(30(39)44-5)26(29(38)43-4)25(22(19-33)28(37)34)20-10-8-7-9-11-20/h7-13,18,25H,14-17,34H2,1-6H3. The van der Waals surface area contributed by atoms with Crippen LogP contribution in [0.4, 0.5) is 16.2 Å². The van der Waals surface area contributed by atoms with Gasteiger partial charge in [0.05, 0.1) is 53.6 Å². The number of nitriles is 1. The number of ether oxygens (including phenoxy) is 3. The molecule has 2 N–H and O–H groups in total. The maximum atomic E-state index is 13.6. The van der Waals surface area contributed by atoms with Gasteiger partial charge in [-0.3, -0.25) is 4.90 Å². The lowest BCUT2D eigenvalue weighted by molar-refractivity contribution is -0.139. The second kappa shape index (κ2) is 13.1. The maximum absolute atomic E-state index is 13.6. The van der Waals surface area contributed by atoms with E-state index in [4.69, 9.17) is 19.9 Å². The Morgan fingerprint density at radius 1 is 0.935 bits per heavy atom. The molecule has 2 heterocycles. The summed E-state index contributed by atoms with van der Waals surface area (Å²) in [4.78, 5) is 44.4. The number of hydrogen-bond acceptors (Lipinski definition) is 12. The summed E-state index contributed by atoms with van der Waals surface area (Å²) in [6.45, 7) is 6.50. The van der Waals surface area contributed by atoms with Gasteiger partial charge >= 0.3 is 18.0 Å². The molecule has 1 atom stereocenters. The molecule has 0 saturated carbocycles. The van der Waals surface area contributed by atoms with Crippen molar-refractivity contribution >= 4 is 39.2 Å². The van der Waals surface area contributed by atoms with E-state index in [0.29, 0.717) is 24.3 Å². The van der Waals surface area contributed by atoms with Crippen molar-refractivity contribution in [2.75, 3.05) is 56.5 Å². The van der Waals surface area contributed by atoms with Gasteiger partial charge in [-0.2, -0.15) is 5.26 Å². The highest BCUT2D eigenvalue weighted by molar-refractivity contribution is 7.90. The van der Waals surface area contributed by atoms with Gasteiger partial charge in [0.1, 0.15) is 17.1 Å². The number of benzene rings is 2. The van der Waals surface area contributed by atoms with Crippen molar-refractivity contribution in [2.24, 2.45) is 5.73 Å². The molecule has 1 saturated heterocycles. The molecule has 2 aliphatic heterocycles. The van der Waals surface area contributed by atoms with Crippen molar-refractivity contribution in [2.45, 2.75) is 37.2 Å². The SMILES string of the molecule is COC(=O)C1=C(C(=O)OC)N(c2cc(S(C)(=O)=O)ccc2N2CCN(C(=O)OC(C)(C)C)CC2)C(N)=C(C#N)C1c1ccccc1. The summed E-state index contributed by atoms with van der Waals surface area (Å²) in [5, 5.41) is 10.4. The van der Waals surface area contributed by atoms with Crippen LogP contribution in [0.3, 0.4) is 0 Å². The predicted octanol–water partition coefficient (Wildman–Crippen LogP) is 3.04. The van der Waals surface area contributed by atoms with Gasteiger partial charge in [-0.15, -0.1) is 0 Å². The van der Waals surface area contributed by atoms with Crippen LogP contribution < -0.4 is 15.5 Å². The summed E-state index contributed by atoms with van der Waals surface area (Å²) in [5.74, 6) is -3.18. The molecule has 2 aromatic carbocycles. The first-order chi connectivity index (χ1) is 21.6. The van der Waals surface area contributed by atoms with Crippen LogP contribution >= 0.6 is 0 Å². The topological polar surface area (TPSA) is 173 Å². The fraction of sp³-hybridized carbons (Fsp3) is 0.375. The first-order valence-electron chi connectivity index (χ1n) is 14.4. The number of allylic oxidation sites excluding steroid dienone is 1. The van der Waals surface area contributed by atoms with E-state index in [1.807, 2.05) is 4.90 Å². The van der Waals surface area contributed by atoms with Gasteiger partial charge in [-0.05, 0) is 44.5 Å². The lowest BCUT2D eigenvalue weighted by atomic mass is 9.81. The Hall–Kier alpha value is -5.03. The molecule has 1 fully saturated rings. The molecule has 1 unspecified atom stereocenters. The zero-order valence-electron chi connectivity index (χ0n) is 26.6. The predicted molar refractivity (Wildman–Crippen MR) is 169 cm³/mol. The van der Waals surface area contributed by atoms with Gasteiger partial charge in [0.15, 0.2) is 9.84 Å². The molecule has 2 aromatic rings. The van der Waals surface area contributed by atoms with Crippen molar-refractivity contribution in [1.82, 2.24) is 4.90 Å². The Kier molecular flexibility index (Phi) is 9.67. The number of amides is 1. The molecule has 2 aliphatic rings. The van der Waals surface area contributed by atoms with Gasteiger partial charge < -0.3 is 29.7 Å². The molecule has 46 heavy (non-hydrogen) atoms. The Morgan fingerprint density at radius 3 is 2.07 bits per heavy atom. The molecule has 0 aliphatic carbocycles. The number of anilines is 2. The summed E-state index contributed by atoms with van der Waals surface area (Å²) in [7, 11) is -1.51. The smallest absolute Gasteiger partial charge is 0.410 e.